The number of carbonyl (C=O) groups is 2. The number of para-hydroxylation sites is 1. The van der Waals surface area contributed by atoms with Gasteiger partial charge < -0.3 is 23.9 Å². The van der Waals surface area contributed by atoms with E-state index in [1.165, 1.54) is 6.33 Å². The standard InChI is InChI=1S/C37H32ClN5O6/c1-46-33-20-25(10-15-32(33)47-19-5-17-42-23-39-22-40-42)35-34-29(30-21-26(38)11-14-31(30)41-34)16-18-43(35)37(45)49-28-12-8-24(9-13-28)36(44)48-27-6-3-2-4-7-27/h2-4,6-15,20-23,35,41H,5,16-19H2,1H3. The Morgan fingerprint density at radius 3 is 2.53 bits per heavy atom. The Morgan fingerprint density at radius 1 is 0.939 bits per heavy atom. The molecule has 0 bridgehead atoms. The lowest BCUT2D eigenvalue weighted by Crippen LogP contribution is -2.42. The highest BCUT2D eigenvalue weighted by atomic mass is 35.5. The van der Waals surface area contributed by atoms with Crippen molar-refractivity contribution in [1.82, 2.24) is 24.6 Å². The average molecular weight is 678 g/mol. The molecule has 248 valence electrons. The molecule has 1 aliphatic rings. The first-order chi connectivity index (χ1) is 24.0. The van der Waals surface area contributed by atoms with Crippen molar-refractivity contribution in [1.29, 1.82) is 0 Å². The minimum atomic E-state index is -0.542. The molecule has 1 amide bonds. The van der Waals surface area contributed by atoms with Gasteiger partial charge in [-0.05, 0) is 84.3 Å². The Morgan fingerprint density at radius 2 is 1.76 bits per heavy atom. The molecule has 0 saturated carbocycles. The fourth-order valence-corrected chi connectivity index (χ4v) is 6.18. The number of fused-ring (bicyclic) bond motifs is 3. The molecule has 2 aromatic heterocycles. The number of esters is 1. The molecule has 0 radical (unpaired) electrons. The van der Waals surface area contributed by atoms with Crippen molar-refractivity contribution >= 4 is 34.6 Å². The Hall–Kier alpha value is -5.81. The van der Waals surface area contributed by atoms with Crippen LogP contribution in [0.3, 0.4) is 0 Å². The third kappa shape index (κ3) is 6.93. The molecule has 0 aliphatic carbocycles. The van der Waals surface area contributed by atoms with Crippen LogP contribution in [0.4, 0.5) is 4.79 Å². The lowest BCUT2D eigenvalue weighted by molar-refractivity contribution is 0.0734. The zero-order chi connectivity index (χ0) is 33.7. The fourth-order valence-electron chi connectivity index (χ4n) is 6.01. The number of hydrogen-bond donors (Lipinski definition) is 1. The molecule has 7 rings (SSSR count). The summed E-state index contributed by atoms with van der Waals surface area (Å²) in [6.45, 7) is 1.51. The van der Waals surface area contributed by atoms with Crippen LogP contribution in [0.25, 0.3) is 10.9 Å². The van der Waals surface area contributed by atoms with Crippen LogP contribution in [0.1, 0.15) is 39.6 Å². The van der Waals surface area contributed by atoms with Gasteiger partial charge in [-0.25, -0.2) is 14.6 Å². The molecule has 6 aromatic rings. The molecule has 49 heavy (non-hydrogen) atoms. The second-order valence-corrected chi connectivity index (χ2v) is 11.9. The van der Waals surface area contributed by atoms with Crippen LogP contribution in [-0.2, 0) is 13.0 Å². The molecular formula is C37H32ClN5O6. The van der Waals surface area contributed by atoms with Gasteiger partial charge in [0.2, 0.25) is 0 Å². The van der Waals surface area contributed by atoms with E-state index in [4.69, 9.17) is 30.5 Å². The van der Waals surface area contributed by atoms with Crippen molar-refractivity contribution in [2.45, 2.75) is 25.4 Å². The maximum atomic E-state index is 13.9. The van der Waals surface area contributed by atoms with Gasteiger partial charge in [-0.3, -0.25) is 9.58 Å². The van der Waals surface area contributed by atoms with Gasteiger partial charge in [0, 0.05) is 41.1 Å². The monoisotopic (exact) mass is 677 g/mol. The number of halogens is 1. The van der Waals surface area contributed by atoms with E-state index in [1.807, 2.05) is 42.5 Å². The lowest BCUT2D eigenvalue weighted by Gasteiger charge is -2.35. The number of benzene rings is 4. The molecule has 0 spiro atoms. The minimum Gasteiger partial charge on any atom is -0.493 e. The predicted molar refractivity (Wildman–Crippen MR) is 183 cm³/mol. The Kier molecular flexibility index (Phi) is 9.16. The molecule has 1 atom stereocenters. The van der Waals surface area contributed by atoms with E-state index in [2.05, 4.69) is 15.1 Å². The smallest absolute Gasteiger partial charge is 0.416 e. The molecule has 1 aliphatic heterocycles. The number of H-pyrrole nitrogens is 1. The van der Waals surface area contributed by atoms with Gasteiger partial charge in [0.25, 0.3) is 0 Å². The van der Waals surface area contributed by atoms with Gasteiger partial charge >= 0.3 is 12.1 Å². The summed E-state index contributed by atoms with van der Waals surface area (Å²) in [6, 6.07) is 26.0. The zero-order valence-corrected chi connectivity index (χ0v) is 27.3. The lowest BCUT2D eigenvalue weighted by atomic mass is 9.92. The van der Waals surface area contributed by atoms with Crippen molar-refractivity contribution in [3.63, 3.8) is 0 Å². The van der Waals surface area contributed by atoms with Crippen LogP contribution in [0.5, 0.6) is 23.0 Å². The molecule has 1 unspecified atom stereocenters. The maximum absolute atomic E-state index is 13.9. The highest BCUT2D eigenvalue weighted by Gasteiger charge is 2.36. The number of ether oxygens (including phenoxy) is 4. The number of nitrogens with one attached hydrogen (secondary N) is 1. The number of carbonyl (C=O) groups excluding carboxylic acids is 2. The largest absolute Gasteiger partial charge is 0.493 e. The van der Waals surface area contributed by atoms with E-state index in [0.29, 0.717) is 59.7 Å². The van der Waals surface area contributed by atoms with E-state index in [0.717, 1.165) is 34.1 Å². The number of rotatable bonds is 10. The number of methoxy groups -OCH3 is 1. The molecule has 1 N–H and O–H groups in total. The summed E-state index contributed by atoms with van der Waals surface area (Å²) in [5.74, 6) is 1.35. The zero-order valence-electron chi connectivity index (χ0n) is 26.5. The van der Waals surface area contributed by atoms with Crippen molar-refractivity contribution in [3.8, 4) is 23.0 Å². The summed E-state index contributed by atoms with van der Waals surface area (Å²) < 4.78 is 24.9. The van der Waals surface area contributed by atoms with Gasteiger partial charge in [-0.15, -0.1) is 0 Å². The SMILES string of the molecule is COc1cc(C2c3[nH]c4ccc(Cl)cc4c3CCN2C(=O)Oc2ccc(C(=O)Oc3ccccc3)cc2)ccc1OCCCn1cncn1. The summed E-state index contributed by atoms with van der Waals surface area (Å²) in [5.41, 5.74) is 4.00. The van der Waals surface area contributed by atoms with Crippen LogP contribution in [0.15, 0.2) is 104 Å². The fraction of sp³-hybridized carbons (Fsp3) is 0.189. The summed E-state index contributed by atoms with van der Waals surface area (Å²) in [6.07, 6.45) is 3.95. The third-order valence-corrected chi connectivity index (χ3v) is 8.57. The van der Waals surface area contributed by atoms with E-state index >= 15 is 0 Å². The van der Waals surface area contributed by atoms with Crippen LogP contribution in [-0.4, -0.2) is 57.0 Å². The number of amides is 1. The van der Waals surface area contributed by atoms with Gasteiger partial charge in [0.05, 0.1) is 19.3 Å². The van der Waals surface area contributed by atoms with E-state index in [1.54, 1.807) is 71.5 Å². The quantitative estimate of drug-likeness (QED) is 0.0914. The molecular weight excluding hydrogens is 646 g/mol. The topological polar surface area (TPSA) is 121 Å². The first kappa shape index (κ1) is 31.8. The van der Waals surface area contributed by atoms with Crippen molar-refractivity contribution in [2.24, 2.45) is 0 Å². The van der Waals surface area contributed by atoms with Crippen molar-refractivity contribution < 1.29 is 28.5 Å². The van der Waals surface area contributed by atoms with E-state index in [-0.39, 0.29) is 0 Å². The molecule has 0 saturated heterocycles. The summed E-state index contributed by atoms with van der Waals surface area (Å²) in [4.78, 5) is 35.7. The van der Waals surface area contributed by atoms with Gasteiger partial charge in [0.1, 0.15) is 30.2 Å². The predicted octanol–water partition coefficient (Wildman–Crippen LogP) is 7.26. The summed E-state index contributed by atoms with van der Waals surface area (Å²) >= 11 is 6.38. The Balaban J connectivity index is 1.13. The number of aryl methyl sites for hydroxylation is 1. The number of aromatic amines is 1. The maximum Gasteiger partial charge on any atom is 0.416 e. The van der Waals surface area contributed by atoms with E-state index < -0.39 is 18.1 Å². The van der Waals surface area contributed by atoms with Crippen LogP contribution < -0.4 is 18.9 Å². The number of hydrogen-bond acceptors (Lipinski definition) is 8. The van der Waals surface area contributed by atoms with Crippen LogP contribution >= 0.6 is 11.6 Å². The summed E-state index contributed by atoms with van der Waals surface area (Å²) in [5, 5.41) is 5.77. The third-order valence-electron chi connectivity index (χ3n) is 8.33. The molecule has 11 nitrogen and oxygen atoms in total. The Bertz CT molecular complexity index is 2080. The number of aromatic nitrogens is 4. The molecule has 12 heteroatoms. The van der Waals surface area contributed by atoms with Crippen molar-refractivity contribution in [3.05, 3.63) is 131 Å². The Labute approximate surface area is 286 Å². The first-order valence-corrected chi connectivity index (χ1v) is 16.1. The molecule has 0 fully saturated rings. The normalized spacial score (nSPS) is 13.9. The van der Waals surface area contributed by atoms with Crippen LogP contribution in [0.2, 0.25) is 5.02 Å². The summed E-state index contributed by atoms with van der Waals surface area (Å²) in [7, 11) is 1.59. The second-order valence-electron chi connectivity index (χ2n) is 11.4. The van der Waals surface area contributed by atoms with Gasteiger partial charge in [0.15, 0.2) is 11.5 Å². The average Bonchev–Trinajstić information content (AvgIpc) is 3.78. The van der Waals surface area contributed by atoms with E-state index in [9.17, 15) is 9.59 Å². The first-order valence-electron chi connectivity index (χ1n) is 15.8. The molecule has 4 aromatic carbocycles. The number of nitrogens with zero attached hydrogens (tertiary/aromatic N) is 4. The van der Waals surface area contributed by atoms with Gasteiger partial charge in [-0.2, -0.15) is 5.10 Å². The van der Waals surface area contributed by atoms with Crippen molar-refractivity contribution in [2.75, 3.05) is 20.3 Å². The van der Waals surface area contributed by atoms with Gasteiger partial charge in [-0.1, -0.05) is 35.9 Å². The minimum absolute atomic E-state index is 0.293. The van der Waals surface area contributed by atoms with Crippen LogP contribution in [0, 0.1) is 0 Å². The highest BCUT2D eigenvalue weighted by molar-refractivity contribution is 6.31. The molecule has 3 heterocycles. The highest BCUT2D eigenvalue weighted by Crippen LogP contribution is 2.42. The second kappa shape index (κ2) is 14.1.